The molecule has 1 saturated heterocycles. The molecule has 0 spiro atoms. The Bertz CT molecular complexity index is 224. The van der Waals surface area contributed by atoms with E-state index in [0.717, 1.165) is 18.9 Å². The zero-order valence-corrected chi connectivity index (χ0v) is 7.25. The Hall–Kier alpha value is -0.970. The number of tetrazole rings is 1. The van der Waals surface area contributed by atoms with Crippen LogP contribution in [-0.2, 0) is 0 Å². The van der Waals surface area contributed by atoms with E-state index in [9.17, 15) is 0 Å². The molecule has 2 rings (SSSR count). The molecule has 0 unspecified atom stereocenters. The number of rotatable bonds is 1. The average Bonchev–Trinajstić information content (AvgIpc) is 2.58. The Labute approximate surface area is 71.1 Å². The van der Waals surface area contributed by atoms with Gasteiger partial charge in [0.2, 0.25) is 0 Å². The number of H-pyrrole nitrogens is 2. The van der Waals surface area contributed by atoms with Crippen LogP contribution in [0.3, 0.4) is 0 Å². The summed E-state index contributed by atoms with van der Waals surface area (Å²) in [6, 6.07) is 0. The van der Waals surface area contributed by atoms with E-state index in [1.807, 2.05) is 0 Å². The molecule has 1 aliphatic heterocycles. The Balaban J connectivity index is 1.99. The van der Waals surface area contributed by atoms with Gasteiger partial charge in [-0.3, -0.25) is 0 Å². The number of hydrogen-bond acceptors (Lipinski definition) is 3. The van der Waals surface area contributed by atoms with Gasteiger partial charge in [0.05, 0.1) is 5.92 Å². The monoisotopic (exact) mass is 168 g/mol. The number of aromatic nitrogens is 4. The van der Waals surface area contributed by atoms with E-state index in [-0.39, 0.29) is 0 Å². The molecule has 0 atom stereocenters. The highest BCUT2D eigenvalue weighted by Crippen LogP contribution is 2.22. The van der Waals surface area contributed by atoms with E-state index >= 15 is 0 Å². The van der Waals surface area contributed by atoms with E-state index in [0.29, 0.717) is 5.92 Å². The van der Waals surface area contributed by atoms with Crippen molar-refractivity contribution in [1.29, 1.82) is 0 Å². The van der Waals surface area contributed by atoms with Crippen molar-refractivity contribution in [3.63, 3.8) is 0 Å². The van der Waals surface area contributed by atoms with Gasteiger partial charge in [-0.15, -0.1) is 0 Å². The van der Waals surface area contributed by atoms with Crippen LogP contribution in [0.5, 0.6) is 0 Å². The smallest absolute Gasteiger partial charge is 0.301 e. The Morgan fingerprint density at radius 1 is 1.50 bits per heavy atom. The summed E-state index contributed by atoms with van der Waals surface area (Å²) in [5.41, 5.74) is 0. The number of nitrogens with zero attached hydrogens (tertiary/aromatic N) is 3. The fourth-order valence-electron chi connectivity index (χ4n) is 1.65. The number of aromatic amines is 2. The Kier molecular flexibility index (Phi) is 2.03. The third kappa shape index (κ3) is 1.45. The summed E-state index contributed by atoms with van der Waals surface area (Å²) in [5.74, 6) is 1.57. The van der Waals surface area contributed by atoms with Crippen molar-refractivity contribution < 1.29 is 5.10 Å². The number of likely N-dealkylation sites (tertiary alicyclic amines) is 1. The van der Waals surface area contributed by atoms with Crippen molar-refractivity contribution in [1.82, 2.24) is 20.4 Å². The van der Waals surface area contributed by atoms with Crippen LogP contribution < -0.4 is 5.10 Å². The zero-order chi connectivity index (χ0) is 8.39. The van der Waals surface area contributed by atoms with E-state index in [1.165, 1.54) is 12.8 Å². The summed E-state index contributed by atoms with van der Waals surface area (Å²) in [5, 5.41) is 13.3. The molecule has 2 heterocycles. The molecule has 1 aromatic heterocycles. The lowest BCUT2D eigenvalue weighted by Crippen LogP contribution is -2.31. The van der Waals surface area contributed by atoms with Crippen LogP contribution >= 0.6 is 0 Å². The summed E-state index contributed by atoms with van der Waals surface area (Å²) < 4.78 is 0. The lowest BCUT2D eigenvalue weighted by molar-refractivity contribution is -0.468. The van der Waals surface area contributed by atoms with E-state index in [1.54, 1.807) is 0 Å². The molecule has 0 aromatic carbocycles. The van der Waals surface area contributed by atoms with Gasteiger partial charge in [0.1, 0.15) is 5.10 Å². The predicted octanol–water partition coefficient (Wildman–Crippen LogP) is -0.572. The van der Waals surface area contributed by atoms with Crippen molar-refractivity contribution in [2.75, 3.05) is 20.1 Å². The fraction of sp³-hybridized carbons (Fsp3) is 0.857. The maximum absolute atomic E-state index is 3.99. The molecule has 5 nitrogen and oxygen atoms in total. The molecule has 5 heteroatoms. The molecular weight excluding hydrogens is 154 g/mol. The van der Waals surface area contributed by atoms with Crippen LogP contribution in [0.1, 0.15) is 24.6 Å². The lowest BCUT2D eigenvalue weighted by Gasteiger charge is -2.25. The molecule has 0 saturated carbocycles. The molecule has 12 heavy (non-hydrogen) atoms. The van der Waals surface area contributed by atoms with Gasteiger partial charge in [-0.05, 0) is 33.0 Å². The highest BCUT2D eigenvalue weighted by Gasteiger charge is 2.25. The normalized spacial score (nSPS) is 21.4. The summed E-state index contributed by atoms with van der Waals surface area (Å²) in [7, 11) is 2.16. The van der Waals surface area contributed by atoms with E-state index in [4.69, 9.17) is 0 Å². The van der Waals surface area contributed by atoms with Crippen LogP contribution in [0, 0.1) is 0 Å². The molecule has 0 radical (unpaired) electrons. The van der Waals surface area contributed by atoms with Gasteiger partial charge in [-0.2, -0.15) is 5.10 Å². The van der Waals surface area contributed by atoms with Gasteiger partial charge in [0.25, 0.3) is 0 Å². The van der Waals surface area contributed by atoms with Gasteiger partial charge in [-0.25, -0.2) is 0 Å². The average molecular weight is 168 g/mol. The maximum atomic E-state index is 3.99. The number of nitrogens with one attached hydrogen (secondary N) is 2. The first-order valence-electron chi connectivity index (χ1n) is 4.33. The standard InChI is InChI=1S/C7H13N5/c1-12-4-2-6(3-5-12)7-8-10-11-9-7/h6H,2-5H2,1H3,(H,8,9,10,11)/p+1. The van der Waals surface area contributed by atoms with Crippen LogP contribution in [0.15, 0.2) is 0 Å². The van der Waals surface area contributed by atoms with Crippen LogP contribution in [-0.4, -0.2) is 40.6 Å². The second-order valence-corrected chi connectivity index (χ2v) is 3.40. The first kappa shape index (κ1) is 7.67. The van der Waals surface area contributed by atoms with E-state index in [2.05, 4.69) is 32.6 Å². The minimum Gasteiger partial charge on any atom is -0.306 e. The largest absolute Gasteiger partial charge is 0.306 e. The van der Waals surface area contributed by atoms with Crippen molar-refractivity contribution in [2.45, 2.75) is 18.8 Å². The second kappa shape index (κ2) is 3.18. The zero-order valence-electron chi connectivity index (χ0n) is 7.25. The van der Waals surface area contributed by atoms with Crippen molar-refractivity contribution in [3.8, 4) is 0 Å². The first-order chi connectivity index (χ1) is 5.86. The molecule has 0 bridgehead atoms. The topological polar surface area (TPSA) is 59.0 Å². The maximum Gasteiger partial charge on any atom is 0.301 e. The Morgan fingerprint density at radius 3 is 2.83 bits per heavy atom. The predicted molar refractivity (Wildman–Crippen MR) is 42.4 cm³/mol. The highest BCUT2D eigenvalue weighted by molar-refractivity contribution is 4.88. The third-order valence-electron chi connectivity index (χ3n) is 2.50. The first-order valence-corrected chi connectivity index (χ1v) is 4.33. The minimum absolute atomic E-state index is 0.569. The summed E-state index contributed by atoms with van der Waals surface area (Å²) >= 11 is 0. The molecule has 1 aliphatic rings. The summed E-state index contributed by atoms with van der Waals surface area (Å²) in [6.07, 6.45) is 2.36. The van der Waals surface area contributed by atoms with Crippen LogP contribution in [0.4, 0.5) is 0 Å². The molecule has 0 aliphatic carbocycles. The van der Waals surface area contributed by atoms with Crippen LogP contribution in [0.25, 0.3) is 0 Å². The second-order valence-electron chi connectivity index (χ2n) is 3.40. The number of piperidine rings is 1. The van der Waals surface area contributed by atoms with Gasteiger partial charge in [0.15, 0.2) is 5.21 Å². The Morgan fingerprint density at radius 2 is 2.25 bits per heavy atom. The van der Waals surface area contributed by atoms with E-state index < -0.39 is 0 Å². The van der Waals surface area contributed by atoms with Gasteiger partial charge in [0, 0.05) is 0 Å². The lowest BCUT2D eigenvalue weighted by atomic mass is 9.97. The SMILES string of the molecule is CN1CCC(c2nn[nH][nH+]2)CC1. The fourth-order valence-corrected chi connectivity index (χ4v) is 1.65. The van der Waals surface area contributed by atoms with Crippen molar-refractivity contribution in [3.05, 3.63) is 5.82 Å². The highest BCUT2D eigenvalue weighted by atomic mass is 15.5. The van der Waals surface area contributed by atoms with Gasteiger partial charge >= 0.3 is 5.82 Å². The summed E-state index contributed by atoms with van der Waals surface area (Å²) in [6.45, 7) is 2.32. The molecule has 66 valence electrons. The number of hydrogen-bond donors (Lipinski definition) is 1. The summed E-state index contributed by atoms with van der Waals surface area (Å²) in [4.78, 5) is 2.34. The van der Waals surface area contributed by atoms with Crippen LogP contribution in [0.2, 0.25) is 0 Å². The molecule has 1 aromatic rings. The molecular formula is C7H14N5+. The molecule has 0 amide bonds. The molecule has 2 N–H and O–H groups in total. The van der Waals surface area contributed by atoms with Crippen molar-refractivity contribution >= 4 is 0 Å². The quantitative estimate of drug-likeness (QED) is 0.611. The third-order valence-corrected chi connectivity index (χ3v) is 2.50. The minimum atomic E-state index is 0.569. The van der Waals surface area contributed by atoms with Gasteiger partial charge in [-0.1, -0.05) is 5.21 Å². The molecule has 1 fully saturated rings. The van der Waals surface area contributed by atoms with Gasteiger partial charge < -0.3 is 4.90 Å². The van der Waals surface area contributed by atoms with Crippen molar-refractivity contribution in [2.24, 2.45) is 0 Å².